The summed E-state index contributed by atoms with van der Waals surface area (Å²) >= 11 is 13.6. The summed E-state index contributed by atoms with van der Waals surface area (Å²) in [5, 5.41) is 1.94. The van der Waals surface area contributed by atoms with E-state index in [1.165, 1.54) is 15.1 Å². The van der Waals surface area contributed by atoms with Gasteiger partial charge in [-0.25, -0.2) is 0 Å². The largest absolute Gasteiger partial charge is 0.140 e. The first-order valence-corrected chi connectivity index (χ1v) is 5.69. The average Bonchev–Trinajstić information content (AvgIpc) is 2.48. The first-order valence-electron chi connectivity index (χ1n) is 3.96. The molecule has 0 aliphatic carbocycles. The number of fused-ring (bicyclic) bond motifs is 1. The highest BCUT2D eigenvalue weighted by molar-refractivity contribution is 7.19. The van der Waals surface area contributed by atoms with Crippen LogP contribution in [-0.2, 0) is 5.88 Å². The van der Waals surface area contributed by atoms with E-state index in [2.05, 4.69) is 13.0 Å². The van der Waals surface area contributed by atoms with Gasteiger partial charge in [-0.05, 0) is 24.6 Å². The number of aryl methyl sites for hydroxylation is 1. The van der Waals surface area contributed by atoms with Gasteiger partial charge in [0.1, 0.15) is 0 Å². The van der Waals surface area contributed by atoms with E-state index in [9.17, 15) is 0 Å². The van der Waals surface area contributed by atoms with E-state index in [1.807, 2.05) is 12.1 Å². The molecule has 2 rings (SSSR count). The molecule has 1 aromatic carbocycles. The van der Waals surface area contributed by atoms with E-state index < -0.39 is 0 Å². The number of rotatable bonds is 1. The molecule has 0 fully saturated rings. The molecule has 0 bridgehead atoms. The summed E-state index contributed by atoms with van der Waals surface area (Å²) in [5.74, 6) is 0.549. The summed E-state index contributed by atoms with van der Waals surface area (Å²) in [6, 6.07) is 6.01. The molecule has 0 unspecified atom stereocenters. The molecule has 3 heteroatoms. The second-order valence-corrected chi connectivity index (χ2v) is 4.87. The average molecular weight is 231 g/mol. The monoisotopic (exact) mass is 230 g/mol. The number of hydrogen-bond donors (Lipinski definition) is 0. The van der Waals surface area contributed by atoms with Crippen LogP contribution in [0.2, 0.25) is 5.02 Å². The minimum atomic E-state index is 0.549. The topological polar surface area (TPSA) is 0 Å². The summed E-state index contributed by atoms with van der Waals surface area (Å²) in [7, 11) is 0. The van der Waals surface area contributed by atoms with Crippen molar-refractivity contribution in [3.05, 3.63) is 33.7 Å². The van der Waals surface area contributed by atoms with Gasteiger partial charge in [0.25, 0.3) is 0 Å². The van der Waals surface area contributed by atoms with Crippen LogP contribution in [0, 0.1) is 6.92 Å². The second kappa shape index (κ2) is 3.49. The van der Waals surface area contributed by atoms with Gasteiger partial charge in [0, 0.05) is 25.9 Å². The molecule has 0 saturated heterocycles. The van der Waals surface area contributed by atoms with Crippen molar-refractivity contribution in [2.24, 2.45) is 0 Å². The Kier molecular flexibility index (Phi) is 2.50. The van der Waals surface area contributed by atoms with Crippen LogP contribution in [0.4, 0.5) is 0 Å². The van der Waals surface area contributed by atoms with Crippen LogP contribution in [0.15, 0.2) is 18.2 Å². The molecule has 0 radical (unpaired) electrons. The third-order valence-electron chi connectivity index (χ3n) is 1.98. The molecule has 2 aromatic rings. The van der Waals surface area contributed by atoms with Gasteiger partial charge in [0.15, 0.2) is 0 Å². The van der Waals surface area contributed by atoms with Crippen molar-refractivity contribution in [3.63, 3.8) is 0 Å². The molecule has 0 atom stereocenters. The highest BCUT2D eigenvalue weighted by Crippen LogP contribution is 2.34. The number of alkyl halides is 1. The van der Waals surface area contributed by atoms with E-state index in [0.29, 0.717) is 5.88 Å². The molecule has 0 nitrogen and oxygen atoms in total. The lowest BCUT2D eigenvalue weighted by atomic mass is 10.2. The normalized spacial score (nSPS) is 11.0. The Morgan fingerprint density at radius 3 is 2.85 bits per heavy atom. The number of halogens is 2. The molecule has 0 saturated carbocycles. The Labute approximate surface area is 91.1 Å². The lowest BCUT2D eigenvalue weighted by Gasteiger charge is -1.98. The van der Waals surface area contributed by atoms with Gasteiger partial charge in [-0.2, -0.15) is 0 Å². The molecule has 0 amide bonds. The zero-order chi connectivity index (χ0) is 9.42. The van der Waals surface area contributed by atoms with Gasteiger partial charge in [0.05, 0.1) is 0 Å². The summed E-state index contributed by atoms with van der Waals surface area (Å²) in [6.07, 6.45) is 0. The molecule has 0 aliphatic rings. The van der Waals surface area contributed by atoms with Crippen LogP contribution in [0.3, 0.4) is 0 Å². The van der Waals surface area contributed by atoms with E-state index in [-0.39, 0.29) is 0 Å². The Bertz CT molecular complexity index is 445. The fourth-order valence-electron chi connectivity index (χ4n) is 1.37. The number of hydrogen-bond acceptors (Lipinski definition) is 1. The van der Waals surface area contributed by atoms with Gasteiger partial charge >= 0.3 is 0 Å². The van der Waals surface area contributed by atoms with Crippen LogP contribution in [-0.4, -0.2) is 0 Å². The SMILES string of the molecule is Cc1cc2c(Cl)ccc(CCl)c2s1. The number of benzene rings is 1. The maximum atomic E-state index is 6.06. The first kappa shape index (κ1) is 9.32. The number of thiophene rings is 1. The predicted octanol–water partition coefficient (Wildman–Crippen LogP) is 4.60. The van der Waals surface area contributed by atoms with Crippen molar-refractivity contribution in [3.8, 4) is 0 Å². The summed E-state index contributed by atoms with van der Waals surface area (Å²) in [4.78, 5) is 1.27. The molecule has 0 N–H and O–H groups in total. The second-order valence-electron chi connectivity index (χ2n) is 2.94. The van der Waals surface area contributed by atoms with E-state index in [1.54, 1.807) is 11.3 Å². The molecule has 1 heterocycles. The van der Waals surface area contributed by atoms with Crippen molar-refractivity contribution in [2.45, 2.75) is 12.8 Å². The lowest BCUT2D eigenvalue weighted by molar-refractivity contribution is 1.47. The van der Waals surface area contributed by atoms with Gasteiger partial charge in [-0.1, -0.05) is 17.7 Å². The van der Waals surface area contributed by atoms with E-state index >= 15 is 0 Å². The first-order chi connectivity index (χ1) is 6.22. The Hall–Kier alpha value is -0.240. The van der Waals surface area contributed by atoms with Crippen LogP contribution in [0.1, 0.15) is 10.4 Å². The van der Waals surface area contributed by atoms with Gasteiger partial charge in [-0.3, -0.25) is 0 Å². The summed E-state index contributed by atoms with van der Waals surface area (Å²) in [6.45, 7) is 2.08. The summed E-state index contributed by atoms with van der Waals surface area (Å²) < 4.78 is 1.22. The van der Waals surface area contributed by atoms with Gasteiger partial charge in [-0.15, -0.1) is 22.9 Å². The molecule has 0 spiro atoms. The van der Waals surface area contributed by atoms with Crippen LogP contribution >= 0.6 is 34.5 Å². The molecule has 0 aliphatic heterocycles. The standard InChI is InChI=1S/C10H8Cl2S/c1-6-4-8-9(12)3-2-7(5-11)10(8)13-6/h2-4H,5H2,1H3. The van der Waals surface area contributed by atoms with Crippen molar-refractivity contribution in [2.75, 3.05) is 0 Å². The lowest BCUT2D eigenvalue weighted by Crippen LogP contribution is -1.77. The molecular weight excluding hydrogens is 223 g/mol. The quantitative estimate of drug-likeness (QED) is 0.629. The highest BCUT2D eigenvalue weighted by Gasteiger charge is 2.06. The predicted molar refractivity (Wildman–Crippen MR) is 61.1 cm³/mol. The van der Waals surface area contributed by atoms with Gasteiger partial charge < -0.3 is 0 Å². The third kappa shape index (κ3) is 1.56. The molecule has 68 valence electrons. The van der Waals surface area contributed by atoms with Crippen molar-refractivity contribution < 1.29 is 0 Å². The van der Waals surface area contributed by atoms with Crippen molar-refractivity contribution in [1.29, 1.82) is 0 Å². The third-order valence-corrected chi connectivity index (χ3v) is 3.72. The Morgan fingerprint density at radius 1 is 1.38 bits per heavy atom. The van der Waals surface area contributed by atoms with Crippen LogP contribution in [0.5, 0.6) is 0 Å². The molecule has 13 heavy (non-hydrogen) atoms. The van der Waals surface area contributed by atoms with Crippen molar-refractivity contribution in [1.82, 2.24) is 0 Å². The fraction of sp³-hybridized carbons (Fsp3) is 0.200. The highest BCUT2D eigenvalue weighted by atomic mass is 35.5. The smallest absolute Gasteiger partial charge is 0.0493 e. The van der Waals surface area contributed by atoms with Crippen LogP contribution in [0.25, 0.3) is 10.1 Å². The van der Waals surface area contributed by atoms with Crippen LogP contribution < -0.4 is 0 Å². The van der Waals surface area contributed by atoms with E-state index in [0.717, 1.165) is 10.4 Å². The zero-order valence-electron chi connectivity index (χ0n) is 7.10. The van der Waals surface area contributed by atoms with Crippen molar-refractivity contribution >= 4 is 44.6 Å². The zero-order valence-corrected chi connectivity index (χ0v) is 9.43. The maximum absolute atomic E-state index is 6.06. The Morgan fingerprint density at radius 2 is 2.15 bits per heavy atom. The minimum absolute atomic E-state index is 0.549. The van der Waals surface area contributed by atoms with Gasteiger partial charge in [0.2, 0.25) is 0 Å². The van der Waals surface area contributed by atoms with E-state index in [4.69, 9.17) is 23.2 Å². The summed E-state index contributed by atoms with van der Waals surface area (Å²) in [5.41, 5.74) is 1.17. The molecular formula is C10H8Cl2S. The fourth-order valence-corrected chi connectivity index (χ4v) is 2.99. The Balaban J connectivity index is 2.83. The molecule has 1 aromatic heterocycles. The maximum Gasteiger partial charge on any atom is 0.0493 e. The minimum Gasteiger partial charge on any atom is -0.140 e.